The molecule has 0 saturated carbocycles. The third-order valence-corrected chi connectivity index (χ3v) is 4.21. The number of methoxy groups -OCH3 is 1. The molecular formula is C19H28N2O5. The lowest BCUT2D eigenvalue weighted by molar-refractivity contribution is -0.134. The van der Waals surface area contributed by atoms with E-state index < -0.39 is 5.60 Å². The van der Waals surface area contributed by atoms with Crippen LogP contribution in [0.15, 0.2) is 18.2 Å². The Morgan fingerprint density at radius 1 is 1.27 bits per heavy atom. The van der Waals surface area contributed by atoms with Gasteiger partial charge in [-0.25, -0.2) is 4.79 Å². The van der Waals surface area contributed by atoms with Gasteiger partial charge in [-0.05, 0) is 45.9 Å². The zero-order valence-corrected chi connectivity index (χ0v) is 16.1. The second-order valence-corrected chi connectivity index (χ2v) is 7.54. The number of piperazine rings is 1. The van der Waals surface area contributed by atoms with E-state index in [0.29, 0.717) is 30.9 Å². The van der Waals surface area contributed by atoms with Crippen molar-refractivity contribution in [1.29, 1.82) is 0 Å². The first-order chi connectivity index (χ1) is 12.1. The molecule has 1 N–H and O–H groups in total. The first kappa shape index (κ1) is 19.9. The maximum absolute atomic E-state index is 12.7. The SMILES string of the molecule is COc1ccc(O)cc1CC(=O)N1CCN(C(=O)OC(C)(C)C)C[C@@H]1C. The van der Waals surface area contributed by atoms with Gasteiger partial charge in [-0.1, -0.05) is 0 Å². The van der Waals surface area contributed by atoms with Gasteiger partial charge in [-0.3, -0.25) is 4.79 Å². The van der Waals surface area contributed by atoms with Gasteiger partial charge in [0, 0.05) is 31.2 Å². The number of ether oxygens (including phenoxy) is 2. The number of carbonyl (C=O) groups is 2. The Morgan fingerprint density at radius 3 is 2.54 bits per heavy atom. The summed E-state index contributed by atoms with van der Waals surface area (Å²) in [6, 6.07) is 4.59. The molecule has 7 nitrogen and oxygen atoms in total. The van der Waals surface area contributed by atoms with Crippen LogP contribution in [-0.4, -0.2) is 65.3 Å². The lowest BCUT2D eigenvalue weighted by Crippen LogP contribution is -2.56. The van der Waals surface area contributed by atoms with Crippen LogP contribution in [0.1, 0.15) is 33.3 Å². The smallest absolute Gasteiger partial charge is 0.410 e. The number of hydrogen-bond acceptors (Lipinski definition) is 5. The van der Waals surface area contributed by atoms with Crippen molar-refractivity contribution < 1.29 is 24.2 Å². The number of phenolic OH excluding ortho intramolecular Hbond substituents is 1. The van der Waals surface area contributed by atoms with Gasteiger partial charge in [0.25, 0.3) is 0 Å². The summed E-state index contributed by atoms with van der Waals surface area (Å²) in [7, 11) is 1.53. The van der Waals surface area contributed by atoms with Crippen molar-refractivity contribution in [1.82, 2.24) is 9.80 Å². The van der Waals surface area contributed by atoms with Crippen LogP contribution in [-0.2, 0) is 16.0 Å². The maximum Gasteiger partial charge on any atom is 0.410 e. The quantitative estimate of drug-likeness (QED) is 0.891. The van der Waals surface area contributed by atoms with E-state index in [1.54, 1.807) is 21.9 Å². The highest BCUT2D eigenvalue weighted by Crippen LogP contribution is 2.25. The summed E-state index contributed by atoms with van der Waals surface area (Å²) in [5, 5.41) is 9.66. The van der Waals surface area contributed by atoms with Gasteiger partial charge in [-0.2, -0.15) is 0 Å². The van der Waals surface area contributed by atoms with Gasteiger partial charge in [0.2, 0.25) is 5.91 Å². The Morgan fingerprint density at radius 2 is 1.96 bits per heavy atom. The number of benzene rings is 1. The van der Waals surface area contributed by atoms with Crippen molar-refractivity contribution in [3.63, 3.8) is 0 Å². The molecule has 1 aromatic rings. The molecule has 1 atom stereocenters. The maximum atomic E-state index is 12.7. The first-order valence-corrected chi connectivity index (χ1v) is 8.74. The standard InChI is InChI=1S/C19H28N2O5/c1-13-12-20(18(24)26-19(2,3)4)8-9-21(13)17(23)11-14-10-15(22)6-7-16(14)25-5/h6-7,10,13,22H,8-9,11-12H2,1-5H3/t13-/m0/s1. The molecule has 0 radical (unpaired) electrons. The van der Waals surface area contributed by atoms with E-state index in [2.05, 4.69) is 0 Å². The monoisotopic (exact) mass is 364 g/mol. The summed E-state index contributed by atoms with van der Waals surface area (Å²) in [6.45, 7) is 8.71. The number of nitrogens with zero attached hydrogens (tertiary/aromatic N) is 2. The van der Waals surface area contributed by atoms with Gasteiger partial charge < -0.3 is 24.4 Å². The zero-order chi connectivity index (χ0) is 19.5. The van der Waals surface area contributed by atoms with E-state index in [-0.39, 0.29) is 30.2 Å². The highest BCUT2D eigenvalue weighted by Gasteiger charge is 2.32. The third kappa shape index (κ3) is 5.03. The highest BCUT2D eigenvalue weighted by atomic mass is 16.6. The minimum Gasteiger partial charge on any atom is -0.508 e. The van der Waals surface area contributed by atoms with E-state index in [1.165, 1.54) is 13.2 Å². The van der Waals surface area contributed by atoms with Crippen LogP contribution in [0.4, 0.5) is 4.79 Å². The average Bonchev–Trinajstić information content (AvgIpc) is 2.53. The number of rotatable bonds is 3. The Balaban J connectivity index is 2.00. The zero-order valence-electron chi connectivity index (χ0n) is 16.1. The van der Waals surface area contributed by atoms with Gasteiger partial charge >= 0.3 is 6.09 Å². The molecule has 0 unspecified atom stereocenters. The van der Waals surface area contributed by atoms with Crippen LogP contribution in [0.5, 0.6) is 11.5 Å². The average molecular weight is 364 g/mol. The molecule has 0 aliphatic carbocycles. The highest BCUT2D eigenvalue weighted by molar-refractivity contribution is 5.80. The van der Waals surface area contributed by atoms with E-state index >= 15 is 0 Å². The van der Waals surface area contributed by atoms with Crippen LogP contribution in [0.3, 0.4) is 0 Å². The largest absolute Gasteiger partial charge is 0.508 e. The minimum absolute atomic E-state index is 0.0646. The van der Waals surface area contributed by atoms with Gasteiger partial charge in [0.15, 0.2) is 0 Å². The molecule has 1 fully saturated rings. The fourth-order valence-corrected chi connectivity index (χ4v) is 2.99. The summed E-state index contributed by atoms with van der Waals surface area (Å²) in [6.07, 6.45) is -0.222. The fraction of sp³-hybridized carbons (Fsp3) is 0.579. The lowest BCUT2D eigenvalue weighted by Gasteiger charge is -2.40. The molecule has 1 aromatic carbocycles. The van der Waals surface area contributed by atoms with Crippen LogP contribution < -0.4 is 4.74 Å². The predicted octanol–water partition coefficient (Wildman–Crippen LogP) is 2.41. The fourth-order valence-electron chi connectivity index (χ4n) is 2.99. The van der Waals surface area contributed by atoms with Crippen LogP contribution in [0.25, 0.3) is 0 Å². The summed E-state index contributed by atoms with van der Waals surface area (Å²) in [5.41, 5.74) is 0.0957. The second kappa shape index (κ2) is 7.85. The van der Waals surface area contributed by atoms with E-state index in [4.69, 9.17) is 9.47 Å². The molecule has 2 rings (SSSR count). The number of hydrogen-bond donors (Lipinski definition) is 1. The second-order valence-electron chi connectivity index (χ2n) is 7.54. The Kier molecular flexibility index (Phi) is 6.00. The Labute approximate surface area is 154 Å². The molecular weight excluding hydrogens is 336 g/mol. The van der Waals surface area contributed by atoms with Crippen molar-refractivity contribution >= 4 is 12.0 Å². The molecule has 0 aromatic heterocycles. The van der Waals surface area contributed by atoms with Crippen molar-refractivity contribution in [2.75, 3.05) is 26.7 Å². The van der Waals surface area contributed by atoms with E-state index in [0.717, 1.165) is 0 Å². The third-order valence-electron chi connectivity index (χ3n) is 4.21. The molecule has 1 heterocycles. The minimum atomic E-state index is -0.543. The molecule has 1 saturated heterocycles. The first-order valence-electron chi connectivity index (χ1n) is 8.74. The van der Waals surface area contributed by atoms with Crippen molar-refractivity contribution in [3.8, 4) is 11.5 Å². The van der Waals surface area contributed by atoms with Crippen LogP contribution >= 0.6 is 0 Å². The summed E-state index contributed by atoms with van der Waals surface area (Å²) < 4.78 is 10.7. The molecule has 1 aliphatic heterocycles. The predicted molar refractivity (Wildman–Crippen MR) is 97.3 cm³/mol. The summed E-state index contributed by atoms with van der Waals surface area (Å²) >= 11 is 0. The van der Waals surface area contributed by atoms with Gasteiger partial charge in [-0.15, -0.1) is 0 Å². The molecule has 7 heteroatoms. The van der Waals surface area contributed by atoms with Gasteiger partial charge in [0.05, 0.1) is 13.5 Å². The summed E-state index contributed by atoms with van der Waals surface area (Å²) in [5.74, 6) is 0.595. The van der Waals surface area contributed by atoms with Gasteiger partial charge in [0.1, 0.15) is 17.1 Å². The van der Waals surface area contributed by atoms with Crippen molar-refractivity contribution in [2.45, 2.75) is 45.8 Å². The molecule has 2 amide bonds. The number of carbonyl (C=O) groups excluding carboxylic acids is 2. The molecule has 0 bridgehead atoms. The van der Waals surface area contributed by atoms with Crippen molar-refractivity contribution in [3.05, 3.63) is 23.8 Å². The normalized spacial score (nSPS) is 17.8. The molecule has 1 aliphatic rings. The molecule has 26 heavy (non-hydrogen) atoms. The van der Waals surface area contributed by atoms with Crippen molar-refractivity contribution in [2.24, 2.45) is 0 Å². The van der Waals surface area contributed by atoms with E-state index in [9.17, 15) is 14.7 Å². The lowest BCUT2D eigenvalue weighted by atomic mass is 10.1. The molecule has 0 spiro atoms. The topological polar surface area (TPSA) is 79.3 Å². The number of aromatic hydroxyl groups is 1. The molecule has 144 valence electrons. The van der Waals surface area contributed by atoms with E-state index in [1.807, 2.05) is 27.7 Å². The summed E-state index contributed by atoms with van der Waals surface area (Å²) in [4.78, 5) is 28.3. The number of phenols is 1. The Bertz CT molecular complexity index is 668. The Hall–Kier alpha value is -2.44. The van der Waals surface area contributed by atoms with Crippen LogP contribution in [0.2, 0.25) is 0 Å². The van der Waals surface area contributed by atoms with Crippen LogP contribution in [0, 0.1) is 0 Å². The number of amides is 2.